The van der Waals surface area contributed by atoms with Gasteiger partial charge in [0.05, 0.1) is 11.2 Å². The summed E-state index contributed by atoms with van der Waals surface area (Å²) >= 11 is 0. The first-order chi connectivity index (χ1) is 13.8. The number of fused-ring (bicyclic) bond motifs is 3. The quantitative estimate of drug-likeness (QED) is 0.555. The Bertz CT molecular complexity index is 716. The normalized spacial score (nSPS) is 27.9. The van der Waals surface area contributed by atoms with E-state index in [0.29, 0.717) is 12.0 Å². The molecule has 160 valence electrons. The standard InChI is InChI=1S/C25H40BNO2/c1-7-9-11-18(8-2)17-27-22-13-10-12-20(22)21-16-19(14-15-23(21)27)26-28-24(3,4)25(5,6)29-26/h14-16,18,20,22H,7-13,17H2,1-6H3. The van der Waals surface area contributed by atoms with Crippen LogP contribution in [0.5, 0.6) is 0 Å². The number of nitrogens with zero attached hydrogens (tertiary/aromatic N) is 1. The predicted molar refractivity (Wildman–Crippen MR) is 123 cm³/mol. The second-order valence-corrected chi connectivity index (χ2v) is 10.6. The summed E-state index contributed by atoms with van der Waals surface area (Å²) in [5, 5.41) is 0. The fraction of sp³-hybridized carbons (Fsp3) is 0.760. The van der Waals surface area contributed by atoms with Crippen LogP contribution in [0.1, 0.15) is 98.0 Å². The third-order valence-electron chi connectivity index (χ3n) is 8.16. The Morgan fingerprint density at radius 1 is 1.10 bits per heavy atom. The summed E-state index contributed by atoms with van der Waals surface area (Å²) in [6.45, 7) is 14.4. The molecule has 0 spiro atoms. The van der Waals surface area contributed by atoms with Crippen LogP contribution in [0, 0.1) is 5.92 Å². The average molecular weight is 397 g/mol. The highest BCUT2D eigenvalue weighted by Crippen LogP contribution is 2.49. The highest BCUT2D eigenvalue weighted by Gasteiger charge is 2.52. The first-order valence-corrected chi connectivity index (χ1v) is 12.0. The van der Waals surface area contributed by atoms with Gasteiger partial charge in [-0.15, -0.1) is 0 Å². The molecular weight excluding hydrogens is 357 g/mol. The van der Waals surface area contributed by atoms with Crippen molar-refractivity contribution in [1.82, 2.24) is 0 Å². The highest BCUT2D eigenvalue weighted by molar-refractivity contribution is 6.62. The van der Waals surface area contributed by atoms with E-state index in [4.69, 9.17) is 9.31 Å². The first-order valence-electron chi connectivity index (χ1n) is 12.0. The van der Waals surface area contributed by atoms with Gasteiger partial charge in [-0.3, -0.25) is 0 Å². The van der Waals surface area contributed by atoms with Gasteiger partial charge < -0.3 is 14.2 Å². The van der Waals surface area contributed by atoms with Gasteiger partial charge in [-0.05, 0) is 70.0 Å². The number of anilines is 1. The minimum absolute atomic E-state index is 0.257. The van der Waals surface area contributed by atoms with Crippen molar-refractivity contribution in [2.45, 2.75) is 110 Å². The summed E-state index contributed by atoms with van der Waals surface area (Å²) in [4.78, 5) is 2.77. The summed E-state index contributed by atoms with van der Waals surface area (Å²) < 4.78 is 12.7. The third-order valence-corrected chi connectivity index (χ3v) is 8.16. The number of benzene rings is 1. The van der Waals surface area contributed by atoms with Crippen molar-refractivity contribution in [3.8, 4) is 0 Å². The zero-order valence-corrected chi connectivity index (χ0v) is 19.5. The molecule has 3 nitrogen and oxygen atoms in total. The summed E-state index contributed by atoms with van der Waals surface area (Å²) in [5.74, 6) is 1.50. The molecule has 1 saturated carbocycles. The van der Waals surface area contributed by atoms with Crippen LogP contribution in [-0.2, 0) is 9.31 Å². The SMILES string of the molecule is CCCCC(CC)CN1c2ccc(B3OC(C)(C)C(C)(C)O3)cc2C2CCCC21. The minimum Gasteiger partial charge on any atom is -0.399 e. The Morgan fingerprint density at radius 3 is 2.48 bits per heavy atom. The maximum absolute atomic E-state index is 6.34. The number of rotatable bonds is 7. The third kappa shape index (κ3) is 3.76. The highest BCUT2D eigenvalue weighted by atomic mass is 16.7. The van der Waals surface area contributed by atoms with E-state index in [1.54, 1.807) is 5.56 Å². The summed E-state index contributed by atoms with van der Waals surface area (Å²) in [6, 6.07) is 7.73. The van der Waals surface area contributed by atoms with E-state index in [0.717, 1.165) is 5.92 Å². The molecule has 1 aliphatic carbocycles. The van der Waals surface area contributed by atoms with Crippen molar-refractivity contribution in [3.63, 3.8) is 0 Å². The molecule has 2 fully saturated rings. The molecule has 2 heterocycles. The average Bonchev–Trinajstić information content (AvgIpc) is 3.31. The van der Waals surface area contributed by atoms with Crippen LogP contribution >= 0.6 is 0 Å². The number of hydrogen-bond acceptors (Lipinski definition) is 3. The zero-order chi connectivity index (χ0) is 20.8. The molecule has 3 atom stereocenters. The lowest BCUT2D eigenvalue weighted by Gasteiger charge is -2.32. The van der Waals surface area contributed by atoms with Crippen LogP contribution in [-0.4, -0.2) is 30.9 Å². The zero-order valence-electron chi connectivity index (χ0n) is 19.5. The largest absolute Gasteiger partial charge is 0.494 e. The molecule has 2 aliphatic heterocycles. The smallest absolute Gasteiger partial charge is 0.399 e. The minimum atomic E-state index is -0.285. The van der Waals surface area contributed by atoms with E-state index in [1.165, 1.54) is 62.6 Å². The van der Waals surface area contributed by atoms with Crippen molar-refractivity contribution in [2.24, 2.45) is 5.92 Å². The topological polar surface area (TPSA) is 21.7 Å². The summed E-state index contributed by atoms with van der Waals surface area (Å²) in [7, 11) is -0.257. The van der Waals surface area contributed by atoms with Crippen LogP contribution in [0.4, 0.5) is 5.69 Å². The molecule has 3 unspecified atom stereocenters. The Kier molecular flexibility index (Phi) is 5.81. The second kappa shape index (κ2) is 7.92. The Morgan fingerprint density at radius 2 is 1.83 bits per heavy atom. The van der Waals surface area contributed by atoms with Gasteiger partial charge in [-0.2, -0.15) is 0 Å². The van der Waals surface area contributed by atoms with Gasteiger partial charge in [0.1, 0.15) is 0 Å². The molecule has 0 bridgehead atoms. The lowest BCUT2D eigenvalue weighted by molar-refractivity contribution is 0.00578. The number of hydrogen-bond donors (Lipinski definition) is 0. The summed E-state index contributed by atoms with van der Waals surface area (Å²) in [5.41, 5.74) is 3.64. The molecule has 1 aromatic carbocycles. The molecule has 0 radical (unpaired) electrons. The van der Waals surface area contributed by atoms with Crippen LogP contribution in [0.2, 0.25) is 0 Å². The van der Waals surface area contributed by atoms with Gasteiger partial charge in [0.25, 0.3) is 0 Å². The fourth-order valence-corrected chi connectivity index (χ4v) is 5.54. The molecular formula is C25H40BNO2. The van der Waals surface area contributed by atoms with E-state index in [2.05, 4.69) is 64.6 Å². The molecule has 0 N–H and O–H groups in total. The molecule has 4 rings (SSSR count). The lowest BCUT2D eigenvalue weighted by Crippen LogP contribution is -2.41. The fourth-order valence-electron chi connectivity index (χ4n) is 5.54. The molecule has 1 saturated heterocycles. The van der Waals surface area contributed by atoms with Crippen molar-refractivity contribution < 1.29 is 9.31 Å². The Labute approximate surface area is 178 Å². The molecule has 29 heavy (non-hydrogen) atoms. The van der Waals surface area contributed by atoms with Crippen LogP contribution in [0.3, 0.4) is 0 Å². The van der Waals surface area contributed by atoms with Crippen molar-refractivity contribution >= 4 is 18.3 Å². The predicted octanol–water partition coefficient (Wildman–Crippen LogP) is 5.66. The molecule has 1 aromatic rings. The van der Waals surface area contributed by atoms with Crippen LogP contribution in [0.25, 0.3) is 0 Å². The van der Waals surface area contributed by atoms with Gasteiger partial charge >= 0.3 is 7.12 Å². The second-order valence-electron chi connectivity index (χ2n) is 10.6. The van der Waals surface area contributed by atoms with Crippen molar-refractivity contribution in [2.75, 3.05) is 11.4 Å². The molecule has 3 aliphatic rings. The van der Waals surface area contributed by atoms with E-state index in [1.807, 2.05) is 0 Å². The van der Waals surface area contributed by atoms with Gasteiger partial charge in [0.2, 0.25) is 0 Å². The lowest BCUT2D eigenvalue weighted by atomic mass is 9.77. The van der Waals surface area contributed by atoms with Gasteiger partial charge in [0.15, 0.2) is 0 Å². The monoisotopic (exact) mass is 397 g/mol. The van der Waals surface area contributed by atoms with Crippen molar-refractivity contribution in [3.05, 3.63) is 23.8 Å². The first kappa shape index (κ1) is 21.2. The summed E-state index contributed by atoms with van der Waals surface area (Å²) in [6.07, 6.45) is 9.34. The van der Waals surface area contributed by atoms with Crippen LogP contribution in [0.15, 0.2) is 18.2 Å². The molecule has 0 amide bonds. The Balaban J connectivity index is 1.59. The van der Waals surface area contributed by atoms with Gasteiger partial charge in [-0.1, -0.05) is 51.7 Å². The van der Waals surface area contributed by atoms with Crippen LogP contribution < -0.4 is 10.4 Å². The van der Waals surface area contributed by atoms with Gasteiger partial charge in [0, 0.05) is 24.2 Å². The maximum Gasteiger partial charge on any atom is 0.494 e. The number of unbranched alkanes of at least 4 members (excludes halogenated alkanes) is 1. The van der Waals surface area contributed by atoms with Gasteiger partial charge in [-0.25, -0.2) is 0 Å². The van der Waals surface area contributed by atoms with E-state index < -0.39 is 0 Å². The maximum atomic E-state index is 6.34. The van der Waals surface area contributed by atoms with E-state index in [9.17, 15) is 0 Å². The molecule has 4 heteroatoms. The van der Waals surface area contributed by atoms with Crippen molar-refractivity contribution in [1.29, 1.82) is 0 Å². The molecule has 0 aromatic heterocycles. The Hall–Kier alpha value is -0.995. The van der Waals surface area contributed by atoms with E-state index >= 15 is 0 Å². The van der Waals surface area contributed by atoms with E-state index in [-0.39, 0.29) is 18.3 Å².